The summed E-state index contributed by atoms with van der Waals surface area (Å²) < 4.78 is 10.9. The number of fused-ring (bicyclic) bond motifs is 1. The van der Waals surface area contributed by atoms with Gasteiger partial charge in [-0.25, -0.2) is 9.97 Å². The average molecular weight is 327 g/mol. The van der Waals surface area contributed by atoms with Crippen LogP contribution in [0.3, 0.4) is 0 Å². The van der Waals surface area contributed by atoms with Gasteiger partial charge in [0.2, 0.25) is 0 Å². The van der Waals surface area contributed by atoms with E-state index in [-0.39, 0.29) is 0 Å². The van der Waals surface area contributed by atoms with Gasteiger partial charge in [-0.05, 0) is 35.8 Å². The molecule has 0 bridgehead atoms. The van der Waals surface area contributed by atoms with E-state index in [0.29, 0.717) is 0 Å². The SMILES string of the molecule is COc1ccc(-c2nsc3c(N4CCNCC4)ncnc23)cc1. The van der Waals surface area contributed by atoms with Crippen LogP contribution < -0.4 is 15.0 Å². The molecule has 1 aromatic carbocycles. The van der Waals surface area contributed by atoms with Gasteiger partial charge in [-0.15, -0.1) is 0 Å². The molecule has 1 aliphatic heterocycles. The number of piperazine rings is 1. The van der Waals surface area contributed by atoms with E-state index in [1.165, 1.54) is 11.5 Å². The molecular formula is C16H17N5OS. The lowest BCUT2D eigenvalue weighted by Gasteiger charge is -2.28. The number of ether oxygens (including phenoxy) is 1. The molecule has 1 fully saturated rings. The standard InChI is InChI=1S/C16H17N5OS/c1-22-12-4-2-11(3-5-12)13-14-15(23-20-13)16(19-10-18-14)21-8-6-17-7-9-21/h2-5,10,17H,6-9H2,1H3. The highest BCUT2D eigenvalue weighted by Crippen LogP contribution is 2.34. The van der Waals surface area contributed by atoms with Gasteiger partial charge < -0.3 is 15.0 Å². The number of hydrogen-bond acceptors (Lipinski definition) is 7. The molecular weight excluding hydrogens is 310 g/mol. The summed E-state index contributed by atoms with van der Waals surface area (Å²) in [7, 11) is 1.67. The van der Waals surface area contributed by atoms with E-state index in [0.717, 1.165) is 59.2 Å². The fraction of sp³-hybridized carbons (Fsp3) is 0.312. The Kier molecular flexibility index (Phi) is 3.80. The molecule has 0 spiro atoms. The van der Waals surface area contributed by atoms with Gasteiger partial charge in [-0.1, -0.05) is 0 Å². The Morgan fingerprint density at radius 3 is 2.65 bits per heavy atom. The minimum absolute atomic E-state index is 0.837. The smallest absolute Gasteiger partial charge is 0.151 e. The predicted molar refractivity (Wildman–Crippen MR) is 92.3 cm³/mol. The summed E-state index contributed by atoms with van der Waals surface area (Å²) in [6.45, 7) is 3.88. The third-order valence-electron chi connectivity index (χ3n) is 4.02. The van der Waals surface area contributed by atoms with Crippen molar-refractivity contribution in [3.63, 3.8) is 0 Å². The molecule has 0 aliphatic carbocycles. The van der Waals surface area contributed by atoms with Gasteiger partial charge in [0, 0.05) is 31.7 Å². The number of anilines is 1. The van der Waals surface area contributed by atoms with Gasteiger partial charge in [-0.2, -0.15) is 4.37 Å². The summed E-state index contributed by atoms with van der Waals surface area (Å²) in [6.07, 6.45) is 1.64. The minimum atomic E-state index is 0.837. The van der Waals surface area contributed by atoms with Gasteiger partial charge in [0.05, 0.1) is 7.11 Å². The van der Waals surface area contributed by atoms with Gasteiger partial charge in [0.25, 0.3) is 0 Å². The summed E-state index contributed by atoms with van der Waals surface area (Å²) in [5, 5.41) is 3.37. The van der Waals surface area contributed by atoms with E-state index in [2.05, 4.69) is 24.6 Å². The average Bonchev–Trinajstić information content (AvgIpc) is 3.06. The molecule has 1 aliphatic rings. The van der Waals surface area contributed by atoms with Crippen LogP contribution >= 0.6 is 11.5 Å². The monoisotopic (exact) mass is 327 g/mol. The summed E-state index contributed by atoms with van der Waals surface area (Å²) in [6, 6.07) is 7.91. The topological polar surface area (TPSA) is 63.2 Å². The molecule has 3 aromatic rings. The summed E-state index contributed by atoms with van der Waals surface area (Å²) in [4.78, 5) is 11.3. The third kappa shape index (κ3) is 2.62. The Bertz CT molecular complexity index is 811. The number of rotatable bonds is 3. The highest BCUT2D eigenvalue weighted by atomic mass is 32.1. The third-order valence-corrected chi connectivity index (χ3v) is 4.85. The van der Waals surface area contributed by atoms with Crippen LogP contribution in [-0.2, 0) is 0 Å². The summed E-state index contributed by atoms with van der Waals surface area (Å²) in [5.74, 6) is 1.83. The maximum Gasteiger partial charge on any atom is 0.151 e. The first kappa shape index (κ1) is 14.3. The highest BCUT2D eigenvalue weighted by molar-refractivity contribution is 7.14. The van der Waals surface area contributed by atoms with Crippen LogP contribution in [0.5, 0.6) is 5.75 Å². The molecule has 6 nitrogen and oxygen atoms in total. The Hall–Kier alpha value is -2.25. The lowest BCUT2D eigenvalue weighted by molar-refractivity contribution is 0.415. The largest absolute Gasteiger partial charge is 0.497 e. The zero-order valence-electron chi connectivity index (χ0n) is 12.8. The Balaban J connectivity index is 1.77. The zero-order valence-corrected chi connectivity index (χ0v) is 13.6. The highest BCUT2D eigenvalue weighted by Gasteiger charge is 2.19. The van der Waals surface area contributed by atoms with E-state index in [1.54, 1.807) is 13.4 Å². The second-order valence-electron chi connectivity index (χ2n) is 5.37. The molecule has 0 atom stereocenters. The lowest BCUT2D eigenvalue weighted by Crippen LogP contribution is -2.43. The Morgan fingerprint density at radius 2 is 1.91 bits per heavy atom. The fourth-order valence-electron chi connectivity index (χ4n) is 2.79. The van der Waals surface area contributed by atoms with E-state index in [1.807, 2.05) is 24.3 Å². The van der Waals surface area contributed by atoms with E-state index in [4.69, 9.17) is 4.74 Å². The normalized spacial score (nSPS) is 15.1. The molecule has 4 rings (SSSR count). The molecule has 1 N–H and O–H groups in total. The molecule has 1 saturated heterocycles. The number of aromatic nitrogens is 3. The van der Waals surface area contributed by atoms with E-state index < -0.39 is 0 Å². The molecule has 23 heavy (non-hydrogen) atoms. The quantitative estimate of drug-likeness (QED) is 0.795. The number of hydrogen-bond donors (Lipinski definition) is 1. The first-order chi connectivity index (χ1) is 11.4. The van der Waals surface area contributed by atoms with Crippen molar-refractivity contribution >= 4 is 27.6 Å². The van der Waals surface area contributed by atoms with E-state index >= 15 is 0 Å². The summed E-state index contributed by atoms with van der Waals surface area (Å²) in [5.41, 5.74) is 2.87. The molecule has 0 saturated carbocycles. The van der Waals surface area contributed by atoms with Crippen LogP contribution in [-0.4, -0.2) is 47.6 Å². The summed E-state index contributed by atoms with van der Waals surface area (Å²) >= 11 is 1.47. The number of methoxy groups -OCH3 is 1. The van der Waals surface area contributed by atoms with Crippen molar-refractivity contribution in [2.45, 2.75) is 0 Å². The Morgan fingerprint density at radius 1 is 1.13 bits per heavy atom. The van der Waals surface area contributed by atoms with Crippen LogP contribution in [0, 0.1) is 0 Å². The van der Waals surface area contributed by atoms with Crippen molar-refractivity contribution in [3.8, 4) is 17.0 Å². The minimum Gasteiger partial charge on any atom is -0.497 e. The molecule has 2 aromatic heterocycles. The van der Waals surface area contributed by atoms with Crippen molar-refractivity contribution in [2.24, 2.45) is 0 Å². The molecule has 7 heteroatoms. The van der Waals surface area contributed by atoms with Gasteiger partial charge in [0.15, 0.2) is 5.82 Å². The zero-order chi connectivity index (χ0) is 15.6. The van der Waals surface area contributed by atoms with Crippen molar-refractivity contribution < 1.29 is 4.74 Å². The number of nitrogens with zero attached hydrogens (tertiary/aromatic N) is 4. The number of nitrogens with one attached hydrogen (secondary N) is 1. The lowest BCUT2D eigenvalue weighted by atomic mass is 10.1. The van der Waals surface area contributed by atoms with Crippen molar-refractivity contribution in [1.82, 2.24) is 19.7 Å². The first-order valence-corrected chi connectivity index (χ1v) is 8.34. The van der Waals surface area contributed by atoms with Crippen molar-refractivity contribution in [2.75, 3.05) is 38.2 Å². The van der Waals surface area contributed by atoms with Crippen LogP contribution in [0.25, 0.3) is 21.5 Å². The molecule has 0 radical (unpaired) electrons. The second kappa shape index (κ2) is 6.10. The molecule has 0 unspecified atom stereocenters. The van der Waals surface area contributed by atoms with Crippen molar-refractivity contribution in [1.29, 1.82) is 0 Å². The van der Waals surface area contributed by atoms with Gasteiger partial charge in [0.1, 0.15) is 28.0 Å². The maximum absolute atomic E-state index is 5.22. The van der Waals surface area contributed by atoms with Gasteiger partial charge in [-0.3, -0.25) is 0 Å². The van der Waals surface area contributed by atoms with Crippen LogP contribution in [0.1, 0.15) is 0 Å². The number of benzene rings is 1. The molecule has 118 valence electrons. The van der Waals surface area contributed by atoms with Gasteiger partial charge >= 0.3 is 0 Å². The maximum atomic E-state index is 5.22. The molecule has 0 amide bonds. The Labute approximate surface area is 138 Å². The second-order valence-corrected chi connectivity index (χ2v) is 6.15. The first-order valence-electron chi connectivity index (χ1n) is 7.57. The predicted octanol–water partition coefficient (Wildman–Crippen LogP) is 2.17. The van der Waals surface area contributed by atoms with Crippen LogP contribution in [0.15, 0.2) is 30.6 Å². The fourth-order valence-corrected chi connectivity index (χ4v) is 3.67. The molecule has 3 heterocycles. The van der Waals surface area contributed by atoms with E-state index in [9.17, 15) is 0 Å². The van der Waals surface area contributed by atoms with Crippen molar-refractivity contribution in [3.05, 3.63) is 30.6 Å². The van der Waals surface area contributed by atoms with Crippen LogP contribution in [0.2, 0.25) is 0 Å². The van der Waals surface area contributed by atoms with Crippen LogP contribution in [0.4, 0.5) is 5.82 Å².